The molecule has 2 heterocycles. The lowest BCUT2D eigenvalue weighted by Gasteiger charge is -2.51. The summed E-state index contributed by atoms with van der Waals surface area (Å²) in [6, 6.07) is 24.5. The molecule has 2 atom stereocenters. The normalized spacial score (nSPS) is 25.1. The van der Waals surface area contributed by atoms with Gasteiger partial charge in [0.1, 0.15) is 6.61 Å². The summed E-state index contributed by atoms with van der Waals surface area (Å²) >= 11 is 0. The number of aryl methyl sites for hydroxylation is 1. The van der Waals surface area contributed by atoms with Crippen LogP contribution in [0.3, 0.4) is 0 Å². The number of hydrogen-bond acceptors (Lipinski definition) is 4. The van der Waals surface area contributed by atoms with E-state index in [0.29, 0.717) is 32.7 Å². The van der Waals surface area contributed by atoms with Crippen LogP contribution in [-0.4, -0.2) is 48.0 Å². The third-order valence-electron chi connectivity index (χ3n) is 7.97. The molecule has 1 amide bonds. The van der Waals surface area contributed by atoms with Crippen molar-refractivity contribution in [1.29, 1.82) is 0 Å². The molecule has 2 aliphatic heterocycles. The average molecular weight is 470 g/mol. The first-order valence-corrected chi connectivity index (χ1v) is 12.6. The van der Waals surface area contributed by atoms with E-state index in [1.165, 1.54) is 27.8 Å². The van der Waals surface area contributed by atoms with Crippen molar-refractivity contribution in [2.75, 3.05) is 19.8 Å². The Morgan fingerprint density at radius 2 is 1.60 bits per heavy atom. The maximum absolute atomic E-state index is 13.4. The highest BCUT2D eigenvalue weighted by atomic mass is 16.6. The summed E-state index contributed by atoms with van der Waals surface area (Å²) in [6.45, 7) is 3.24. The van der Waals surface area contributed by atoms with Gasteiger partial charge in [0, 0.05) is 18.8 Å². The first-order chi connectivity index (χ1) is 17.1. The third kappa shape index (κ3) is 3.83. The van der Waals surface area contributed by atoms with Crippen molar-refractivity contribution in [3.63, 3.8) is 0 Å². The van der Waals surface area contributed by atoms with E-state index in [9.17, 15) is 9.90 Å². The molecule has 0 aromatic heterocycles. The number of amides is 1. The summed E-state index contributed by atoms with van der Waals surface area (Å²) in [5.74, 6) is 0.0287. The number of nitrogens with zero attached hydrogens (tertiary/aromatic N) is 1. The number of rotatable bonds is 4. The van der Waals surface area contributed by atoms with Crippen molar-refractivity contribution in [3.05, 3.63) is 95.1 Å². The number of piperidine rings is 1. The molecule has 0 spiro atoms. The monoisotopic (exact) mass is 469 g/mol. The summed E-state index contributed by atoms with van der Waals surface area (Å²) in [5, 5.41) is 11.7. The van der Waals surface area contributed by atoms with Crippen LogP contribution in [0.1, 0.15) is 47.9 Å². The maximum Gasteiger partial charge on any atom is 0.410 e. The summed E-state index contributed by atoms with van der Waals surface area (Å²) in [4.78, 5) is 15.2. The fourth-order valence-electron chi connectivity index (χ4n) is 6.26. The zero-order chi connectivity index (χ0) is 24.0. The van der Waals surface area contributed by atoms with Gasteiger partial charge in [0.25, 0.3) is 0 Å². The Bertz CT molecular complexity index is 1190. The van der Waals surface area contributed by atoms with E-state index in [0.717, 1.165) is 12.0 Å². The molecule has 3 aromatic rings. The molecule has 2 unspecified atom stereocenters. The number of aliphatic hydroxyl groups is 1. The Hall–Kier alpha value is -3.15. The summed E-state index contributed by atoms with van der Waals surface area (Å²) in [5.41, 5.74) is 6.00. The van der Waals surface area contributed by atoms with Gasteiger partial charge in [0.15, 0.2) is 0 Å². The quantitative estimate of drug-likeness (QED) is 0.567. The lowest BCUT2D eigenvalue weighted by molar-refractivity contribution is -0.136. The molecule has 2 fully saturated rings. The smallest absolute Gasteiger partial charge is 0.410 e. The molecule has 1 aliphatic carbocycles. The first kappa shape index (κ1) is 22.3. The Labute approximate surface area is 206 Å². The van der Waals surface area contributed by atoms with E-state index < -0.39 is 5.60 Å². The molecule has 5 nitrogen and oxygen atoms in total. The third-order valence-corrected chi connectivity index (χ3v) is 7.97. The van der Waals surface area contributed by atoms with Crippen LogP contribution in [0.15, 0.2) is 72.8 Å². The van der Waals surface area contributed by atoms with Crippen molar-refractivity contribution in [2.24, 2.45) is 0 Å². The van der Waals surface area contributed by atoms with Crippen molar-refractivity contribution < 1.29 is 19.4 Å². The minimum atomic E-state index is -0.968. The highest BCUT2D eigenvalue weighted by molar-refractivity contribution is 5.79. The van der Waals surface area contributed by atoms with E-state index in [-0.39, 0.29) is 24.1 Å². The van der Waals surface area contributed by atoms with Gasteiger partial charge >= 0.3 is 6.09 Å². The number of hydrogen-bond donors (Lipinski definition) is 1. The molecule has 0 radical (unpaired) electrons. The second-order valence-electron chi connectivity index (χ2n) is 10.1. The number of carbonyl (C=O) groups is 1. The molecule has 1 N–H and O–H groups in total. The molecule has 2 saturated heterocycles. The molecule has 35 heavy (non-hydrogen) atoms. The van der Waals surface area contributed by atoms with Crippen molar-refractivity contribution in [1.82, 2.24) is 4.90 Å². The molecule has 2 bridgehead atoms. The largest absolute Gasteiger partial charge is 0.448 e. The van der Waals surface area contributed by atoms with Crippen LogP contribution in [-0.2, 0) is 21.5 Å². The van der Waals surface area contributed by atoms with Crippen LogP contribution in [0.2, 0.25) is 0 Å². The minimum Gasteiger partial charge on any atom is -0.448 e. The number of ether oxygens (including phenoxy) is 2. The van der Waals surface area contributed by atoms with Crippen molar-refractivity contribution in [2.45, 2.75) is 49.8 Å². The van der Waals surface area contributed by atoms with Crippen LogP contribution < -0.4 is 0 Å². The standard InChI is InChI=1S/C30H31NO4/c1-2-20-8-7-9-21(14-20)30(33)15-22-17-34-18-23(16-30)31(22)29(32)35-19-28-26-12-5-3-10-24(26)25-11-4-6-13-27(25)28/h3-14,22-23,28,33H,2,15-19H2,1H3. The van der Waals surface area contributed by atoms with E-state index in [1.807, 2.05) is 29.2 Å². The predicted octanol–water partition coefficient (Wildman–Crippen LogP) is 5.25. The molecule has 5 heteroatoms. The Morgan fingerprint density at radius 3 is 2.23 bits per heavy atom. The zero-order valence-corrected chi connectivity index (χ0v) is 20.0. The highest BCUT2D eigenvalue weighted by Gasteiger charge is 2.49. The van der Waals surface area contributed by atoms with Gasteiger partial charge in [-0.3, -0.25) is 4.90 Å². The van der Waals surface area contributed by atoms with Gasteiger partial charge < -0.3 is 14.6 Å². The van der Waals surface area contributed by atoms with E-state index in [4.69, 9.17) is 9.47 Å². The number of morpholine rings is 1. The van der Waals surface area contributed by atoms with Gasteiger partial charge in [0.05, 0.1) is 30.9 Å². The van der Waals surface area contributed by atoms with Crippen molar-refractivity contribution >= 4 is 6.09 Å². The van der Waals surface area contributed by atoms with Crippen LogP contribution in [0.4, 0.5) is 4.79 Å². The molecule has 6 rings (SSSR count). The van der Waals surface area contributed by atoms with Gasteiger partial charge in [0.2, 0.25) is 0 Å². The van der Waals surface area contributed by atoms with E-state index in [2.05, 4.69) is 55.5 Å². The Balaban J connectivity index is 1.20. The lowest BCUT2D eigenvalue weighted by Crippen LogP contribution is -2.62. The van der Waals surface area contributed by atoms with Gasteiger partial charge in [-0.1, -0.05) is 79.7 Å². The second-order valence-corrected chi connectivity index (χ2v) is 10.1. The first-order valence-electron chi connectivity index (χ1n) is 12.6. The maximum atomic E-state index is 13.4. The van der Waals surface area contributed by atoms with Gasteiger partial charge in [-0.15, -0.1) is 0 Å². The number of benzene rings is 3. The predicted molar refractivity (Wildman–Crippen MR) is 134 cm³/mol. The van der Waals surface area contributed by atoms with Crippen LogP contribution in [0, 0.1) is 0 Å². The van der Waals surface area contributed by atoms with Gasteiger partial charge in [-0.25, -0.2) is 4.79 Å². The molecular weight excluding hydrogens is 438 g/mol. The number of fused-ring (bicyclic) bond motifs is 5. The molecule has 3 aliphatic rings. The highest BCUT2D eigenvalue weighted by Crippen LogP contribution is 2.45. The zero-order valence-electron chi connectivity index (χ0n) is 20.0. The van der Waals surface area contributed by atoms with Crippen LogP contribution in [0.5, 0.6) is 0 Å². The molecule has 180 valence electrons. The van der Waals surface area contributed by atoms with Crippen LogP contribution in [0.25, 0.3) is 11.1 Å². The molecular formula is C30H31NO4. The average Bonchev–Trinajstić information content (AvgIpc) is 3.20. The molecule has 3 aromatic carbocycles. The van der Waals surface area contributed by atoms with E-state index in [1.54, 1.807) is 0 Å². The SMILES string of the molecule is CCc1cccc(C2(O)CC3COCC(C2)N3C(=O)OCC2c3ccccc3-c3ccccc32)c1. The van der Waals surface area contributed by atoms with E-state index >= 15 is 0 Å². The summed E-state index contributed by atoms with van der Waals surface area (Å²) in [6.07, 6.45) is 1.50. The fourth-order valence-corrected chi connectivity index (χ4v) is 6.26. The van der Waals surface area contributed by atoms with Gasteiger partial charge in [-0.2, -0.15) is 0 Å². The topological polar surface area (TPSA) is 59.0 Å². The Morgan fingerprint density at radius 1 is 0.971 bits per heavy atom. The van der Waals surface area contributed by atoms with Crippen molar-refractivity contribution in [3.8, 4) is 11.1 Å². The lowest BCUT2D eigenvalue weighted by atomic mass is 9.76. The molecule has 0 saturated carbocycles. The fraction of sp³-hybridized carbons (Fsp3) is 0.367. The summed E-state index contributed by atoms with van der Waals surface area (Å²) < 4.78 is 11.8. The Kier molecular flexibility index (Phi) is 5.62. The number of carbonyl (C=O) groups excluding carboxylic acids is 1. The second kappa shape index (κ2) is 8.81. The summed E-state index contributed by atoms with van der Waals surface area (Å²) in [7, 11) is 0. The minimum absolute atomic E-state index is 0.0287. The van der Waals surface area contributed by atoms with Gasteiger partial charge in [-0.05, 0) is 39.8 Å². The van der Waals surface area contributed by atoms with Crippen LogP contribution >= 0.6 is 0 Å².